The lowest BCUT2D eigenvalue weighted by Gasteiger charge is -1.99. The zero-order chi connectivity index (χ0) is 13.3. The van der Waals surface area contributed by atoms with Crippen LogP contribution in [0.2, 0.25) is 0 Å². The van der Waals surface area contributed by atoms with E-state index in [1.54, 1.807) is 11.6 Å². The number of aromatic nitrogens is 5. The van der Waals surface area contributed by atoms with E-state index < -0.39 is 6.10 Å². The third kappa shape index (κ3) is 2.15. The summed E-state index contributed by atoms with van der Waals surface area (Å²) in [4.78, 5) is 4.37. The standard InChI is InChI=1S/C12H19N5O/c1-5-16-8(3)7-10(14-16)12-13-11(9(4)18)15-17(12)6-2/h7,9,18H,5-6H2,1-4H3. The maximum Gasteiger partial charge on any atom is 0.179 e. The second kappa shape index (κ2) is 4.89. The summed E-state index contributed by atoms with van der Waals surface area (Å²) in [5.74, 6) is 1.15. The predicted octanol–water partition coefficient (Wildman–Crippen LogP) is 1.54. The molecule has 0 bridgehead atoms. The molecule has 2 rings (SSSR count). The molecule has 98 valence electrons. The molecule has 0 aromatic carbocycles. The number of nitrogens with zero attached hydrogens (tertiary/aromatic N) is 5. The van der Waals surface area contributed by atoms with Gasteiger partial charge in [0.05, 0.1) is 0 Å². The molecule has 0 saturated heterocycles. The highest BCUT2D eigenvalue weighted by Crippen LogP contribution is 2.19. The van der Waals surface area contributed by atoms with Gasteiger partial charge in [0.1, 0.15) is 11.8 Å². The van der Waals surface area contributed by atoms with Crippen molar-refractivity contribution in [3.05, 3.63) is 17.6 Å². The molecular weight excluding hydrogens is 230 g/mol. The Labute approximate surface area is 106 Å². The van der Waals surface area contributed by atoms with E-state index in [4.69, 9.17) is 0 Å². The van der Waals surface area contributed by atoms with Crippen molar-refractivity contribution in [1.82, 2.24) is 24.5 Å². The normalized spacial score (nSPS) is 12.9. The summed E-state index contributed by atoms with van der Waals surface area (Å²) in [5.41, 5.74) is 1.90. The number of rotatable bonds is 4. The van der Waals surface area contributed by atoms with Gasteiger partial charge in [0.2, 0.25) is 0 Å². The molecule has 0 spiro atoms. The lowest BCUT2D eigenvalue weighted by molar-refractivity contribution is 0.188. The van der Waals surface area contributed by atoms with Crippen LogP contribution in [0.3, 0.4) is 0 Å². The molecule has 0 saturated carbocycles. The van der Waals surface area contributed by atoms with E-state index in [1.807, 2.05) is 24.6 Å². The minimum atomic E-state index is -0.661. The fourth-order valence-corrected chi connectivity index (χ4v) is 1.89. The summed E-state index contributed by atoms with van der Waals surface area (Å²) in [6.07, 6.45) is -0.661. The van der Waals surface area contributed by atoms with Crippen molar-refractivity contribution in [3.63, 3.8) is 0 Å². The summed E-state index contributed by atoms with van der Waals surface area (Å²) in [6.45, 7) is 9.25. The molecule has 18 heavy (non-hydrogen) atoms. The lowest BCUT2D eigenvalue weighted by atomic mass is 10.3. The molecule has 0 aliphatic rings. The zero-order valence-electron chi connectivity index (χ0n) is 11.3. The Morgan fingerprint density at radius 1 is 1.22 bits per heavy atom. The molecular formula is C12H19N5O. The van der Waals surface area contributed by atoms with Gasteiger partial charge in [0.15, 0.2) is 11.6 Å². The molecule has 0 fully saturated rings. The Balaban J connectivity index is 2.48. The largest absolute Gasteiger partial charge is 0.385 e. The molecule has 0 radical (unpaired) electrons. The first-order valence-corrected chi connectivity index (χ1v) is 6.24. The summed E-state index contributed by atoms with van der Waals surface area (Å²) in [6, 6.07) is 1.99. The first-order chi connectivity index (χ1) is 8.56. The SMILES string of the molecule is CCn1nc(-c2nc(C(C)O)nn2CC)cc1C. The van der Waals surface area contributed by atoms with Crippen molar-refractivity contribution in [2.75, 3.05) is 0 Å². The van der Waals surface area contributed by atoms with E-state index in [1.165, 1.54) is 0 Å². The Morgan fingerprint density at radius 2 is 1.89 bits per heavy atom. The second-order valence-corrected chi connectivity index (χ2v) is 4.27. The van der Waals surface area contributed by atoms with Crippen LogP contribution in [-0.4, -0.2) is 29.7 Å². The van der Waals surface area contributed by atoms with E-state index in [9.17, 15) is 5.11 Å². The highest BCUT2D eigenvalue weighted by molar-refractivity contribution is 5.50. The third-order valence-electron chi connectivity index (χ3n) is 2.87. The molecule has 0 amide bonds. The summed E-state index contributed by atoms with van der Waals surface area (Å²) < 4.78 is 3.69. The predicted molar refractivity (Wildman–Crippen MR) is 68.0 cm³/mol. The second-order valence-electron chi connectivity index (χ2n) is 4.27. The van der Waals surface area contributed by atoms with Crippen molar-refractivity contribution in [2.24, 2.45) is 0 Å². The Morgan fingerprint density at radius 3 is 2.39 bits per heavy atom. The Hall–Kier alpha value is -1.69. The van der Waals surface area contributed by atoms with Gasteiger partial charge in [-0.05, 0) is 33.8 Å². The van der Waals surface area contributed by atoms with Gasteiger partial charge in [-0.3, -0.25) is 4.68 Å². The van der Waals surface area contributed by atoms with Crippen molar-refractivity contribution < 1.29 is 5.11 Å². The van der Waals surface area contributed by atoms with E-state index >= 15 is 0 Å². The van der Waals surface area contributed by atoms with Crippen LogP contribution in [0.15, 0.2) is 6.07 Å². The summed E-state index contributed by atoms with van der Waals surface area (Å²) in [7, 11) is 0. The van der Waals surface area contributed by atoms with Gasteiger partial charge in [-0.1, -0.05) is 0 Å². The summed E-state index contributed by atoms with van der Waals surface area (Å²) in [5, 5.41) is 18.3. The molecule has 2 aromatic heterocycles. The van der Waals surface area contributed by atoms with Crippen LogP contribution >= 0.6 is 0 Å². The average Bonchev–Trinajstić information content (AvgIpc) is 2.91. The molecule has 1 N–H and O–H groups in total. The van der Waals surface area contributed by atoms with E-state index in [-0.39, 0.29) is 0 Å². The van der Waals surface area contributed by atoms with Crippen molar-refractivity contribution in [1.29, 1.82) is 0 Å². The molecule has 1 unspecified atom stereocenters. The van der Waals surface area contributed by atoms with Gasteiger partial charge in [0, 0.05) is 18.8 Å². The monoisotopic (exact) mass is 249 g/mol. The maximum atomic E-state index is 9.55. The van der Waals surface area contributed by atoms with Crippen LogP contribution in [0.5, 0.6) is 0 Å². The first kappa shape index (κ1) is 12.8. The minimum absolute atomic E-state index is 0.440. The van der Waals surface area contributed by atoms with Crippen LogP contribution in [0.25, 0.3) is 11.5 Å². The number of hydrogen-bond donors (Lipinski definition) is 1. The van der Waals surface area contributed by atoms with Crippen LogP contribution in [-0.2, 0) is 13.1 Å². The number of aryl methyl sites for hydroxylation is 3. The van der Waals surface area contributed by atoms with Gasteiger partial charge in [0.25, 0.3) is 0 Å². The van der Waals surface area contributed by atoms with Crippen molar-refractivity contribution >= 4 is 0 Å². The molecule has 0 aliphatic heterocycles. The fraction of sp³-hybridized carbons (Fsp3) is 0.583. The average molecular weight is 249 g/mol. The van der Waals surface area contributed by atoms with Gasteiger partial charge in [-0.15, -0.1) is 0 Å². The first-order valence-electron chi connectivity index (χ1n) is 6.24. The third-order valence-corrected chi connectivity index (χ3v) is 2.87. The maximum absolute atomic E-state index is 9.55. The summed E-state index contributed by atoms with van der Waals surface area (Å²) >= 11 is 0. The number of aliphatic hydroxyl groups excluding tert-OH is 1. The van der Waals surface area contributed by atoms with Gasteiger partial charge in [-0.25, -0.2) is 9.67 Å². The zero-order valence-corrected chi connectivity index (χ0v) is 11.3. The molecule has 1 atom stereocenters. The highest BCUT2D eigenvalue weighted by atomic mass is 16.3. The van der Waals surface area contributed by atoms with Gasteiger partial charge < -0.3 is 5.11 Å². The van der Waals surface area contributed by atoms with E-state index in [0.29, 0.717) is 18.2 Å². The van der Waals surface area contributed by atoms with Crippen molar-refractivity contribution in [3.8, 4) is 11.5 Å². The van der Waals surface area contributed by atoms with Crippen LogP contribution in [0, 0.1) is 6.92 Å². The number of aliphatic hydroxyl groups is 1. The van der Waals surface area contributed by atoms with Gasteiger partial charge in [-0.2, -0.15) is 10.2 Å². The molecule has 2 aromatic rings. The lowest BCUT2D eigenvalue weighted by Crippen LogP contribution is -2.02. The van der Waals surface area contributed by atoms with Crippen LogP contribution in [0.1, 0.15) is 38.4 Å². The van der Waals surface area contributed by atoms with E-state index in [0.717, 1.165) is 17.9 Å². The molecule has 2 heterocycles. The van der Waals surface area contributed by atoms with Gasteiger partial charge >= 0.3 is 0 Å². The minimum Gasteiger partial charge on any atom is -0.385 e. The quantitative estimate of drug-likeness (QED) is 0.892. The molecule has 0 aliphatic carbocycles. The van der Waals surface area contributed by atoms with Crippen LogP contribution in [0.4, 0.5) is 0 Å². The molecule has 6 heteroatoms. The smallest absolute Gasteiger partial charge is 0.179 e. The highest BCUT2D eigenvalue weighted by Gasteiger charge is 2.17. The topological polar surface area (TPSA) is 68.8 Å². The molecule has 6 nitrogen and oxygen atoms in total. The fourth-order valence-electron chi connectivity index (χ4n) is 1.89. The van der Waals surface area contributed by atoms with E-state index in [2.05, 4.69) is 22.1 Å². The Bertz CT molecular complexity index is 541. The van der Waals surface area contributed by atoms with Crippen molar-refractivity contribution in [2.45, 2.75) is 46.9 Å². The Kier molecular flexibility index (Phi) is 3.47. The van der Waals surface area contributed by atoms with Crippen LogP contribution < -0.4 is 0 Å². The number of hydrogen-bond acceptors (Lipinski definition) is 4.